The van der Waals surface area contributed by atoms with Crippen molar-refractivity contribution in [1.29, 1.82) is 0 Å². The Bertz CT molecular complexity index is 384. The van der Waals surface area contributed by atoms with Crippen molar-refractivity contribution >= 4 is 23.2 Å². The Morgan fingerprint density at radius 2 is 1.82 bits per heavy atom. The largest absolute Gasteiger partial charge is 0.324 e. The van der Waals surface area contributed by atoms with Crippen LogP contribution in [-0.4, -0.2) is 0 Å². The van der Waals surface area contributed by atoms with E-state index in [9.17, 15) is 0 Å². The van der Waals surface area contributed by atoms with Gasteiger partial charge in [-0.3, -0.25) is 0 Å². The molecule has 3 heteroatoms. The van der Waals surface area contributed by atoms with Gasteiger partial charge in [0.2, 0.25) is 0 Å². The molecule has 2 rings (SSSR count). The second kappa shape index (κ2) is 5.60. The standard InChI is InChI=1S/C14H19Cl2N/c1-9-2-4-10(5-3-9)14(17)12-8-11(15)6-7-13(12)16/h6-10,14H,2-5,17H2,1H3. The molecule has 1 nitrogen and oxygen atoms in total. The Balaban J connectivity index is 2.13. The van der Waals surface area contributed by atoms with Crippen molar-refractivity contribution in [2.24, 2.45) is 17.6 Å². The van der Waals surface area contributed by atoms with Gasteiger partial charge in [0, 0.05) is 16.1 Å². The van der Waals surface area contributed by atoms with Crippen LogP contribution >= 0.6 is 23.2 Å². The summed E-state index contributed by atoms with van der Waals surface area (Å²) in [4.78, 5) is 0. The van der Waals surface area contributed by atoms with Crippen LogP contribution < -0.4 is 5.73 Å². The van der Waals surface area contributed by atoms with Crippen LogP contribution in [0.3, 0.4) is 0 Å². The summed E-state index contributed by atoms with van der Waals surface area (Å²) in [6.45, 7) is 2.31. The van der Waals surface area contributed by atoms with Crippen LogP contribution in [0.4, 0.5) is 0 Å². The van der Waals surface area contributed by atoms with Gasteiger partial charge in [0.1, 0.15) is 0 Å². The molecule has 1 aliphatic carbocycles. The second-order valence-electron chi connectivity index (χ2n) is 5.21. The first kappa shape index (κ1) is 13.2. The van der Waals surface area contributed by atoms with Crippen molar-refractivity contribution < 1.29 is 0 Å². The molecule has 0 aromatic heterocycles. The van der Waals surface area contributed by atoms with Gasteiger partial charge in [-0.25, -0.2) is 0 Å². The molecular formula is C14H19Cl2N. The predicted octanol–water partition coefficient (Wildman–Crippen LogP) is 4.82. The maximum atomic E-state index is 6.34. The van der Waals surface area contributed by atoms with Crippen LogP contribution in [0.1, 0.15) is 44.2 Å². The molecule has 0 heterocycles. The highest BCUT2D eigenvalue weighted by Crippen LogP contribution is 2.38. The van der Waals surface area contributed by atoms with E-state index < -0.39 is 0 Å². The first-order valence-electron chi connectivity index (χ1n) is 6.28. The van der Waals surface area contributed by atoms with Crippen molar-refractivity contribution in [1.82, 2.24) is 0 Å². The first-order valence-corrected chi connectivity index (χ1v) is 7.04. The molecule has 1 aromatic carbocycles. The third kappa shape index (κ3) is 3.15. The van der Waals surface area contributed by atoms with Gasteiger partial charge in [0.05, 0.1) is 0 Å². The molecule has 0 spiro atoms. The van der Waals surface area contributed by atoms with Gasteiger partial charge >= 0.3 is 0 Å². The maximum absolute atomic E-state index is 6.34. The molecule has 0 aliphatic heterocycles. The molecule has 1 aromatic rings. The average molecular weight is 272 g/mol. The molecule has 0 amide bonds. The number of hydrogen-bond donors (Lipinski definition) is 1. The van der Waals surface area contributed by atoms with Gasteiger partial charge in [0.25, 0.3) is 0 Å². The minimum absolute atomic E-state index is 0.0219. The lowest BCUT2D eigenvalue weighted by molar-refractivity contribution is 0.256. The quantitative estimate of drug-likeness (QED) is 0.820. The van der Waals surface area contributed by atoms with Crippen LogP contribution in [0.15, 0.2) is 18.2 Å². The van der Waals surface area contributed by atoms with Crippen LogP contribution in [0.25, 0.3) is 0 Å². The highest BCUT2D eigenvalue weighted by Gasteiger charge is 2.25. The molecule has 1 aliphatic rings. The molecule has 0 bridgehead atoms. The lowest BCUT2D eigenvalue weighted by Gasteiger charge is -2.31. The predicted molar refractivity (Wildman–Crippen MR) is 74.5 cm³/mol. The molecule has 0 radical (unpaired) electrons. The molecule has 17 heavy (non-hydrogen) atoms. The lowest BCUT2D eigenvalue weighted by atomic mass is 9.78. The molecule has 1 atom stereocenters. The minimum Gasteiger partial charge on any atom is -0.324 e. The van der Waals surface area contributed by atoms with Gasteiger partial charge in [-0.1, -0.05) is 43.0 Å². The van der Waals surface area contributed by atoms with E-state index in [1.54, 1.807) is 0 Å². The zero-order valence-corrected chi connectivity index (χ0v) is 11.6. The van der Waals surface area contributed by atoms with Gasteiger partial charge in [0.15, 0.2) is 0 Å². The molecule has 0 saturated heterocycles. The average Bonchev–Trinajstić information content (AvgIpc) is 2.32. The topological polar surface area (TPSA) is 26.0 Å². The Morgan fingerprint density at radius 1 is 1.18 bits per heavy atom. The van der Waals surface area contributed by atoms with Crippen molar-refractivity contribution in [3.63, 3.8) is 0 Å². The Hall–Kier alpha value is -0.240. The summed E-state index contributed by atoms with van der Waals surface area (Å²) in [5, 5.41) is 1.45. The summed E-state index contributed by atoms with van der Waals surface area (Å²) >= 11 is 12.2. The molecule has 1 fully saturated rings. The smallest absolute Gasteiger partial charge is 0.0454 e. The SMILES string of the molecule is CC1CCC(C(N)c2cc(Cl)ccc2Cl)CC1. The molecular weight excluding hydrogens is 253 g/mol. The molecule has 1 saturated carbocycles. The maximum Gasteiger partial charge on any atom is 0.0454 e. The van der Waals surface area contributed by atoms with E-state index in [-0.39, 0.29) is 6.04 Å². The Kier molecular flexibility index (Phi) is 4.35. The first-order chi connectivity index (χ1) is 8.08. The van der Waals surface area contributed by atoms with E-state index in [4.69, 9.17) is 28.9 Å². The summed E-state index contributed by atoms with van der Waals surface area (Å²) in [6.07, 6.45) is 4.95. The molecule has 1 unspecified atom stereocenters. The summed E-state index contributed by atoms with van der Waals surface area (Å²) < 4.78 is 0. The zero-order valence-electron chi connectivity index (χ0n) is 10.1. The normalized spacial score (nSPS) is 26.8. The lowest BCUT2D eigenvalue weighted by Crippen LogP contribution is -2.25. The fourth-order valence-electron chi connectivity index (χ4n) is 2.67. The van der Waals surface area contributed by atoms with E-state index in [1.807, 2.05) is 18.2 Å². The van der Waals surface area contributed by atoms with Gasteiger partial charge in [-0.2, -0.15) is 0 Å². The van der Waals surface area contributed by atoms with E-state index in [1.165, 1.54) is 25.7 Å². The summed E-state index contributed by atoms with van der Waals surface area (Å²) in [7, 11) is 0. The van der Waals surface area contributed by atoms with Crippen molar-refractivity contribution in [3.8, 4) is 0 Å². The fourth-order valence-corrected chi connectivity index (χ4v) is 3.09. The zero-order chi connectivity index (χ0) is 12.4. The van der Waals surface area contributed by atoms with Crippen LogP contribution in [0.2, 0.25) is 10.0 Å². The van der Waals surface area contributed by atoms with Gasteiger partial charge in [-0.05, 0) is 48.4 Å². The summed E-state index contributed by atoms with van der Waals surface area (Å²) in [5.74, 6) is 1.38. The van der Waals surface area contributed by atoms with Crippen molar-refractivity contribution in [2.45, 2.75) is 38.6 Å². The van der Waals surface area contributed by atoms with E-state index in [0.717, 1.165) is 16.5 Å². The highest BCUT2D eigenvalue weighted by atomic mass is 35.5. The highest BCUT2D eigenvalue weighted by molar-refractivity contribution is 6.33. The Morgan fingerprint density at radius 3 is 2.47 bits per heavy atom. The minimum atomic E-state index is 0.0219. The van der Waals surface area contributed by atoms with Crippen molar-refractivity contribution in [3.05, 3.63) is 33.8 Å². The molecule has 94 valence electrons. The third-order valence-corrected chi connectivity index (χ3v) is 4.46. The second-order valence-corrected chi connectivity index (χ2v) is 6.06. The van der Waals surface area contributed by atoms with Gasteiger partial charge in [-0.15, -0.1) is 0 Å². The number of hydrogen-bond acceptors (Lipinski definition) is 1. The fraction of sp³-hybridized carbons (Fsp3) is 0.571. The summed E-state index contributed by atoms with van der Waals surface area (Å²) in [5.41, 5.74) is 7.34. The van der Waals surface area contributed by atoms with E-state index >= 15 is 0 Å². The summed E-state index contributed by atoms with van der Waals surface area (Å²) in [6, 6.07) is 5.58. The van der Waals surface area contributed by atoms with E-state index in [2.05, 4.69) is 6.92 Å². The van der Waals surface area contributed by atoms with E-state index in [0.29, 0.717) is 10.9 Å². The Labute approximate surface area is 113 Å². The van der Waals surface area contributed by atoms with Crippen LogP contribution in [0, 0.1) is 11.8 Å². The number of benzene rings is 1. The van der Waals surface area contributed by atoms with Crippen LogP contribution in [0.5, 0.6) is 0 Å². The molecule has 2 N–H and O–H groups in total. The number of rotatable bonds is 2. The van der Waals surface area contributed by atoms with Crippen LogP contribution in [-0.2, 0) is 0 Å². The monoisotopic (exact) mass is 271 g/mol. The van der Waals surface area contributed by atoms with Gasteiger partial charge < -0.3 is 5.73 Å². The number of halogens is 2. The van der Waals surface area contributed by atoms with Crippen molar-refractivity contribution in [2.75, 3.05) is 0 Å². The third-order valence-electron chi connectivity index (χ3n) is 3.89. The number of nitrogens with two attached hydrogens (primary N) is 1.